The first kappa shape index (κ1) is 15.0. The molecule has 0 unspecified atom stereocenters. The van der Waals surface area contributed by atoms with Crippen LogP contribution in [0.5, 0.6) is 0 Å². The molecular weight excluding hydrogens is 248 g/mol. The number of nitrogens with zero attached hydrogens (tertiary/aromatic N) is 1. The second kappa shape index (κ2) is 6.20. The molecule has 0 aromatic heterocycles. The molecule has 0 fully saturated rings. The van der Waals surface area contributed by atoms with E-state index in [0.717, 1.165) is 18.8 Å². The van der Waals surface area contributed by atoms with Gasteiger partial charge in [0.05, 0.1) is 4.90 Å². The van der Waals surface area contributed by atoms with Crippen molar-refractivity contribution in [2.45, 2.75) is 24.8 Å². The standard InChI is InChI=1S/C13H22N2O2S/c1-11(2)15(3)10-9-14-12-5-7-13(8-6-12)18(4,16)17/h5-8,11,14H,9-10H2,1-4H3. The molecular formula is C13H22N2O2S. The van der Waals surface area contributed by atoms with Crippen molar-refractivity contribution < 1.29 is 8.42 Å². The summed E-state index contributed by atoms with van der Waals surface area (Å²) in [6.45, 7) is 6.10. The average molecular weight is 270 g/mol. The fourth-order valence-electron chi connectivity index (χ4n) is 1.45. The second-order valence-corrected chi connectivity index (χ2v) is 6.81. The van der Waals surface area contributed by atoms with Crippen LogP contribution in [0.15, 0.2) is 29.2 Å². The minimum Gasteiger partial charge on any atom is -0.384 e. The number of benzene rings is 1. The van der Waals surface area contributed by atoms with Crippen molar-refractivity contribution >= 4 is 15.5 Å². The van der Waals surface area contributed by atoms with Gasteiger partial charge in [0.2, 0.25) is 0 Å². The Bertz CT molecular complexity index is 466. The summed E-state index contributed by atoms with van der Waals surface area (Å²) in [5.74, 6) is 0. The van der Waals surface area contributed by atoms with Crippen LogP contribution in [0.1, 0.15) is 13.8 Å². The van der Waals surface area contributed by atoms with Crippen LogP contribution < -0.4 is 5.32 Å². The van der Waals surface area contributed by atoms with E-state index in [1.54, 1.807) is 24.3 Å². The van der Waals surface area contributed by atoms with Crippen LogP contribution in [0.2, 0.25) is 0 Å². The third-order valence-corrected chi connectivity index (χ3v) is 4.09. The Kier molecular flexibility index (Phi) is 5.16. The maximum Gasteiger partial charge on any atom is 0.175 e. The second-order valence-electron chi connectivity index (χ2n) is 4.80. The molecule has 4 nitrogen and oxygen atoms in total. The zero-order chi connectivity index (χ0) is 13.8. The van der Waals surface area contributed by atoms with E-state index < -0.39 is 9.84 Å². The van der Waals surface area contributed by atoms with Crippen LogP contribution in [-0.4, -0.2) is 45.8 Å². The Morgan fingerprint density at radius 2 is 1.78 bits per heavy atom. The van der Waals surface area contributed by atoms with Crippen LogP contribution >= 0.6 is 0 Å². The van der Waals surface area contributed by atoms with Gasteiger partial charge in [-0.05, 0) is 45.2 Å². The van der Waals surface area contributed by atoms with Gasteiger partial charge >= 0.3 is 0 Å². The van der Waals surface area contributed by atoms with Crippen LogP contribution in [0, 0.1) is 0 Å². The van der Waals surface area contributed by atoms with E-state index in [2.05, 4.69) is 31.1 Å². The third kappa shape index (κ3) is 4.66. The monoisotopic (exact) mass is 270 g/mol. The first-order valence-corrected chi connectivity index (χ1v) is 7.94. The summed E-state index contributed by atoms with van der Waals surface area (Å²) in [5.41, 5.74) is 0.944. The highest BCUT2D eigenvalue weighted by atomic mass is 32.2. The number of hydrogen-bond acceptors (Lipinski definition) is 4. The summed E-state index contributed by atoms with van der Waals surface area (Å²) in [5, 5.41) is 3.27. The normalized spacial score (nSPS) is 12.1. The molecule has 102 valence electrons. The largest absolute Gasteiger partial charge is 0.384 e. The van der Waals surface area contributed by atoms with E-state index in [-0.39, 0.29) is 0 Å². The van der Waals surface area contributed by atoms with Gasteiger partial charge in [-0.25, -0.2) is 8.42 Å². The lowest BCUT2D eigenvalue weighted by atomic mass is 10.3. The number of rotatable bonds is 6. The molecule has 0 bridgehead atoms. The molecule has 0 aliphatic rings. The third-order valence-electron chi connectivity index (χ3n) is 2.96. The molecule has 0 aliphatic heterocycles. The quantitative estimate of drug-likeness (QED) is 0.857. The van der Waals surface area contributed by atoms with Gasteiger partial charge < -0.3 is 10.2 Å². The number of sulfone groups is 1. The van der Waals surface area contributed by atoms with Crippen molar-refractivity contribution in [2.24, 2.45) is 0 Å². The van der Waals surface area contributed by atoms with Crippen LogP contribution in [-0.2, 0) is 9.84 Å². The number of likely N-dealkylation sites (N-methyl/N-ethyl adjacent to an activating group) is 1. The predicted octanol–water partition coefficient (Wildman–Crippen LogP) is 1.84. The fourth-order valence-corrected chi connectivity index (χ4v) is 2.09. The summed E-state index contributed by atoms with van der Waals surface area (Å²) >= 11 is 0. The molecule has 1 rings (SSSR count). The van der Waals surface area contributed by atoms with E-state index in [9.17, 15) is 8.42 Å². The Morgan fingerprint density at radius 1 is 1.22 bits per heavy atom. The van der Waals surface area contributed by atoms with Crippen molar-refractivity contribution in [3.05, 3.63) is 24.3 Å². The van der Waals surface area contributed by atoms with Gasteiger partial charge in [-0.15, -0.1) is 0 Å². The molecule has 0 amide bonds. The predicted molar refractivity (Wildman–Crippen MR) is 75.8 cm³/mol. The lowest BCUT2D eigenvalue weighted by molar-refractivity contribution is 0.284. The van der Waals surface area contributed by atoms with Gasteiger partial charge in [-0.2, -0.15) is 0 Å². The van der Waals surface area contributed by atoms with Gasteiger partial charge in [0.15, 0.2) is 9.84 Å². The van der Waals surface area contributed by atoms with E-state index in [1.165, 1.54) is 6.26 Å². The minimum atomic E-state index is -3.10. The molecule has 0 heterocycles. The molecule has 1 N–H and O–H groups in total. The van der Waals surface area contributed by atoms with Crippen molar-refractivity contribution in [2.75, 3.05) is 31.7 Å². The summed E-state index contributed by atoms with van der Waals surface area (Å²) in [7, 11) is -1.02. The molecule has 0 atom stereocenters. The highest BCUT2D eigenvalue weighted by Gasteiger charge is 2.06. The van der Waals surface area contributed by atoms with Gasteiger partial charge in [0.1, 0.15) is 0 Å². The van der Waals surface area contributed by atoms with Gasteiger partial charge in [-0.3, -0.25) is 0 Å². The summed E-state index contributed by atoms with van der Waals surface area (Å²) in [6, 6.07) is 7.38. The topological polar surface area (TPSA) is 49.4 Å². The van der Waals surface area contributed by atoms with Crippen molar-refractivity contribution in [3.63, 3.8) is 0 Å². The number of hydrogen-bond donors (Lipinski definition) is 1. The summed E-state index contributed by atoms with van der Waals surface area (Å²) in [6.07, 6.45) is 1.22. The maximum absolute atomic E-state index is 11.3. The van der Waals surface area contributed by atoms with Crippen LogP contribution in [0.25, 0.3) is 0 Å². The van der Waals surface area contributed by atoms with E-state index in [1.807, 2.05) is 0 Å². The molecule has 1 aromatic carbocycles. The number of anilines is 1. The highest BCUT2D eigenvalue weighted by molar-refractivity contribution is 7.90. The van der Waals surface area contributed by atoms with Crippen molar-refractivity contribution in [1.82, 2.24) is 4.90 Å². The van der Waals surface area contributed by atoms with E-state index in [0.29, 0.717) is 10.9 Å². The molecule has 5 heteroatoms. The maximum atomic E-state index is 11.3. The summed E-state index contributed by atoms with van der Waals surface area (Å²) in [4.78, 5) is 2.60. The smallest absolute Gasteiger partial charge is 0.175 e. The van der Waals surface area contributed by atoms with E-state index in [4.69, 9.17) is 0 Å². The lowest BCUT2D eigenvalue weighted by Gasteiger charge is -2.21. The number of nitrogens with one attached hydrogen (secondary N) is 1. The molecule has 0 spiro atoms. The first-order valence-electron chi connectivity index (χ1n) is 6.05. The Balaban J connectivity index is 2.50. The van der Waals surface area contributed by atoms with Crippen LogP contribution in [0.3, 0.4) is 0 Å². The minimum absolute atomic E-state index is 0.354. The van der Waals surface area contributed by atoms with E-state index >= 15 is 0 Å². The van der Waals surface area contributed by atoms with Crippen molar-refractivity contribution in [1.29, 1.82) is 0 Å². The Labute approximate surface area is 110 Å². The SMILES string of the molecule is CC(C)N(C)CCNc1ccc(S(C)(=O)=O)cc1. The molecule has 0 aliphatic carbocycles. The highest BCUT2D eigenvalue weighted by Crippen LogP contribution is 2.13. The molecule has 0 saturated carbocycles. The molecule has 1 aromatic rings. The van der Waals surface area contributed by atoms with Gasteiger partial charge in [0.25, 0.3) is 0 Å². The van der Waals surface area contributed by atoms with Gasteiger partial charge in [0, 0.05) is 31.1 Å². The molecule has 0 saturated heterocycles. The average Bonchev–Trinajstić information content (AvgIpc) is 2.28. The van der Waals surface area contributed by atoms with Gasteiger partial charge in [-0.1, -0.05) is 0 Å². The zero-order valence-electron chi connectivity index (χ0n) is 11.5. The molecule has 18 heavy (non-hydrogen) atoms. The summed E-state index contributed by atoms with van der Waals surface area (Å²) < 4.78 is 22.6. The van der Waals surface area contributed by atoms with Crippen LogP contribution in [0.4, 0.5) is 5.69 Å². The fraction of sp³-hybridized carbons (Fsp3) is 0.538. The molecule has 0 radical (unpaired) electrons. The first-order chi connectivity index (χ1) is 8.30. The lowest BCUT2D eigenvalue weighted by Crippen LogP contribution is -2.31. The zero-order valence-corrected chi connectivity index (χ0v) is 12.3. The van der Waals surface area contributed by atoms with Crippen molar-refractivity contribution in [3.8, 4) is 0 Å². The Morgan fingerprint density at radius 3 is 2.22 bits per heavy atom. The Hall–Kier alpha value is -1.07.